The minimum atomic E-state index is -0.699. The molecule has 1 aliphatic carbocycles. The molecule has 0 aromatic carbocycles. The molecule has 3 aliphatic rings. The summed E-state index contributed by atoms with van der Waals surface area (Å²) in [5, 5.41) is 15.6. The predicted octanol–water partition coefficient (Wildman–Crippen LogP) is 1.35. The zero-order chi connectivity index (χ0) is 18.4. The molecule has 0 aromatic heterocycles. The largest absolute Gasteiger partial charge is 0.481 e. The van der Waals surface area contributed by atoms with E-state index in [-0.39, 0.29) is 18.0 Å². The van der Waals surface area contributed by atoms with Gasteiger partial charge in [0, 0.05) is 32.2 Å². The van der Waals surface area contributed by atoms with Crippen LogP contribution in [0.15, 0.2) is 0 Å². The summed E-state index contributed by atoms with van der Waals surface area (Å²) in [4.78, 5) is 27.9. The minimum absolute atomic E-state index is 0.0294. The van der Waals surface area contributed by atoms with Gasteiger partial charge in [0.25, 0.3) is 0 Å². The second-order valence-corrected chi connectivity index (χ2v) is 8.15. The lowest BCUT2D eigenvalue weighted by atomic mass is 9.86. The SMILES string of the molecule is O=C(N[C@H]1CC[C@H](C(=O)O)CC1)N1CCN(CCC2CCNCC2)CC1. The average molecular weight is 367 g/mol. The summed E-state index contributed by atoms with van der Waals surface area (Å²) < 4.78 is 0. The Bertz CT molecular complexity index is 465. The Morgan fingerprint density at radius 3 is 2.23 bits per heavy atom. The van der Waals surface area contributed by atoms with Crippen LogP contribution in [0.2, 0.25) is 0 Å². The summed E-state index contributed by atoms with van der Waals surface area (Å²) in [5.74, 6) is -0.0689. The molecule has 0 spiro atoms. The standard InChI is InChI=1S/C19H34N4O3/c24-18(25)16-1-3-17(4-2-16)21-19(26)23-13-11-22(12-14-23)10-7-15-5-8-20-9-6-15/h15-17,20H,1-14H2,(H,21,26)(H,24,25)/t16-,17-. The number of aliphatic carboxylic acids is 1. The van der Waals surface area contributed by atoms with Gasteiger partial charge < -0.3 is 20.6 Å². The van der Waals surface area contributed by atoms with Gasteiger partial charge in [0.2, 0.25) is 0 Å². The van der Waals surface area contributed by atoms with Crippen LogP contribution in [0.3, 0.4) is 0 Å². The van der Waals surface area contributed by atoms with Crippen LogP contribution in [0.1, 0.15) is 44.9 Å². The summed E-state index contributed by atoms with van der Waals surface area (Å²) in [6, 6.07) is 0.165. The fraction of sp³-hybridized carbons (Fsp3) is 0.895. The van der Waals surface area contributed by atoms with Crippen LogP contribution in [-0.4, -0.2) is 78.8 Å². The molecule has 0 unspecified atom stereocenters. The van der Waals surface area contributed by atoms with Crippen molar-refractivity contribution in [1.29, 1.82) is 0 Å². The molecule has 7 heteroatoms. The van der Waals surface area contributed by atoms with E-state index in [2.05, 4.69) is 15.5 Å². The molecule has 0 atom stereocenters. The van der Waals surface area contributed by atoms with Gasteiger partial charge in [-0.1, -0.05) is 0 Å². The highest BCUT2D eigenvalue weighted by Crippen LogP contribution is 2.24. The summed E-state index contributed by atoms with van der Waals surface area (Å²) in [6.07, 6.45) is 6.77. The lowest BCUT2D eigenvalue weighted by molar-refractivity contribution is -0.142. The van der Waals surface area contributed by atoms with Gasteiger partial charge in [-0.15, -0.1) is 0 Å². The molecule has 3 N–H and O–H groups in total. The van der Waals surface area contributed by atoms with Crippen LogP contribution in [0, 0.1) is 11.8 Å². The molecular weight excluding hydrogens is 332 g/mol. The molecular formula is C19H34N4O3. The summed E-state index contributed by atoms with van der Waals surface area (Å²) >= 11 is 0. The van der Waals surface area contributed by atoms with Crippen molar-refractivity contribution < 1.29 is 14.7 Å². The van der Waals surface area contributed by atoms with Gasteiger partial charge in [0.05, 0.1) is 5.92 Å². The van der Waals surface area contributed by atoms with Crippen molar-refractivity contribution in [2.45, 2.75) is 51.0 Å². The number of carboxylic acids is 1. The van der Waals surface area contributed by atoms with Crippen LogP contribution in [-0.2, 0) is 4.79 Å². The predicted molar refractivity (Wildman–Crippen MR) is 100 cm³/mol. The summed E-state index contributed by atoms with van der Waals surface area (Å²) in [6.45, 7) is 6.98. The van der Waals surface area contributed by atoms with E-state index in [0.717, 1.165) is 64.6 Å². The third-order valence-corrected chi connectivity index (χ3v) is 6.38. The van der Waals surface area contributed by atoms with E-state index >= 15 is 0 Å². The Labute approximate surface area is 156 Å². The zero-order valence-electron chi connectivity index (χ0n) is 15.8. The number of rotatable bonds is 5. The highest BCUT2D eigenvalue weighted by atomic mass is 16.4. The summed E-state index contributed by atoms with van der Waals surface area (Å²) in [7, 11) is 0. The summed E-state index contributed by atoms with van der Waals surface area (Å²) in [5.41, 5.74) is 0. The van der Waals surface area contributed by atoms with Gasteiger partial charge in [0.15, 0.2) is 0 Å². The number of urea groups is 1. The first-order valence-electron chi connectivity index (χ1n) is 10.3. The molecule has 26 heavy (non-hydrogen) atoms. The normalized spacial score (nSPS) is 28.7. The lowest BCUT2D eigenvalue weighted by Gasteiger charge is -2.37. The number of carbonyl (C=O) groups excluding carboxylic acids is 1. The molecule has 2 saturated heterocycles. The first-order chi connectivity index (χ1) is 12.6. The van der Waals surface area contributed by atoms with Crippen molar-refractivity contribution >= 4 is 12.0 Å². The smallest absolute Gasteiger partial charge is 0.317 e. The maximum atomic E-state index is 12.5. The number of nitrogens with zero attached hydrogens (tertiary/aromatic N) is 2. The van der Waals surface area contributed by atoms with Crippen molar-refractivity contribution in [2.75, 3.05) is 45.8 Å². The third-order valence-electron chi connectivity index (χ3n) is 6.38. The molecule has 2 heterocycles. The molecule has 1 saturated carbocycles. The number of piperazine rings is 1. The molecule has 2 amide bonds. The lowest BCUT2D eigenvalue weighted by Crippen LogP contribution is -2.54. The van der Waals surface area contributed by atoms with E-state index in [1.165, 1.54) is 19.3 Å². The molecule has 3 fully saturated rings. The maximum Gasteiger partial charge on any atom is 0.317 e. The second-order valence-electron chi connectivity index (χ2n) is 8.15. The molecule has 0 aromatic rings. The number of amides is 2. The highest BCUT2D eigenvalue weighted by Gasteiger charge is 2.28. The van der Waals surface area contributed by atoms with Crippen LogP contribution < -0.4 is 10.6 Å². The van der Waals surface area contributed by atoms with Crippen LogP contribution in [0.5, 0.6) is 0 Å². The Hall–Kier alpha value is -1.34. The third kappa shape index (κ3) is 5.58. The fourth-order valence-electron chi connectivity index (χ4n) is 4.46. The number of piperidine rings is 1. The topological polar surface area (TPSA) is 84.9 Å². The van der Waals surface area contributed by atoms with Crippen molar-refractivity contribution in [1.82, 2.24) is 20.4 Å². The van der Waals surface area contributed by atoms with Gasteiger partial charge >= 0.3 is 12.0 Å². The van der Waals surface area contributed by atoms with E-state index < -0.39 is 5.97 Å². The average Bonchev–Trinajstić information content (AvgIpc) is 2.68. The second kappa shape index (κ2) is 9.55. The Balaban J connectivity index is 1.31. The van der Waals surface area contributed by atoms with Crippen LogP contribution >= 0.6 is 0 Å². The quantitative estimate of drug-likeness (QED) is 0.684. The Kier molecular flexibility index (Phi) is 7.14. The van der Waals surface area contributed by atoms with Gasteiger partial charge in [-0.25, -0.2) is 4.79 Å². The monoisotopic (exact) mass is 366 g/mol. The maximum absolute atomic E-state index is 12.5. The first kappa shape index (κ1) is 19.4. The fourth-order valence-corrected chi connectivity index (χ4v) is 4.46. The van der Waals surface area contributed by atoms with E-state index in [9.17, 15) is 9.59 Å². The van der Waals surface area contributed by atoms with Crippen LogP contribution in [0.25, 0.3) is 0 Å². The van der Waals surface area contributed by atoms with E-state index in [1.54, 1.807) is 0 Å². The van der Waals surface area contributed by atoms with Crippen LogP contribution in [0.4, 0.5) is 4.79 Å². The molecule has 0 radical (unpaired) electrons. The Morgan fingerprint density at radius 2 is 1.62 bits per heavy atom. The zero-order valence-corrected chi connectivity index (χ0v) is 15.8. The molecule has 0 bridgehead atoms. The number of hydrogen-bond donors (Lipinski definition) is 3. The van der Waals surface area contributed by atoms with Gasteiger partial charge in [-0.2, -0.15) is 0 Å². The van der Waals surface area contributed by atoms with Crippen molar-refractivity contribution in [3.63, 3.8) is 0 Å². The van der Waals surface area contributed by atoms with E-state index in [0.29, 0.717) is 12.8 Å². The number of nitrogens with one attached hydrogen (secondary N) is 2. The first-order valence-corrected chi connectivity index (χ1v) is 10.3. The molecule has 2 aliphatic heterocycles. The number of carboxylic acid groups (broad SMARTS) is 1. The number of hydrogen-bond acceptors (Lipinski definition) is 4. The van der Waals surface area contributed by atoms with Crippen molar-refractivity contribution in [3.8, 4) is 0 Å². The molecule has 7 nitrogen and oxygen atoms in total. The minimum Gasteiger partial charge on any atom is -0.481 e. The van der Waals surface area contributed by atoms with Gasteiger partial charge in [0.1, 0.15) is 0 Å². The van der Waals surface area contributed by atoms with Crippen molar-refractivity contribution in [2.24, 2.45) is 11.8 Å². The van der Waals surface area contributed by atoms with Gasteiger partial charge in [-0.05, 0) is 70.5 Å². The van der Waals surface area contributed by atoms with Gasteiger partial charge in [-0.3, -0.25) is 9.69 Å². The van der Waals surface area contributed by atoms with E-state index in [4.69, 9.17) is 5.11 Å². The Morgan fingerprint density at radius 1 is 0.962 bits per heavy atom. The molecule has 148 valence electrons. The molecule has 3 rings (SSSR count). The van der Waals surface area contributed by atoms with Crippen molar-refractivity contribution in [3.05, 3.63) is 0 Å². The van der Waals surface area contributed by atoms with E-state index in [1.807, 2.05) is 4.90 Å². The number of carbonyl (C=O) groups is 2. The highest BCUT2D eigenvalue weighted by molar-refractivity contribution is 5.75.